The molecule has 0 bridgehead atoms. The number of carbonyl (C=O) groups excluding carboxylic acids is 1. The zero-order valence-electron chi connectivity index (χ0n) is 12.9. The monoisotopic (exact) mass is 334 g/mol. The van der Waals surface area contributed by atoms with E-state index in [1.54, 1.807) is 0 Å². The van der Waals surface area contributed by atoms with E-state index >= 15 is 0 Å². The summed E-state index contributed by atoms with van der Waals surface area (Å²) >= 11 is 0. The third-order valence-corrected chi connectivity index (χ3v) is 4.92. The molecular formula is C16H18N2O4S. The van der Waals surface area contributed by atoms with E-state index in [2.05, 4.69) is 5.32 Å². The molecule has 0 fully saturated rings. The Morgan fingerprint density at radius 3 is 2.22 bits per heavy atom. The molecule has 2 aromatic rings. The summed E-state index contributed by atoms with van der Waals surface area (Å²) in [7, 11) is -0.557. The molecule has 2 rings (SSSR count). The van der Waals surface area contributed by atoms with Crippen LogP contribution < -0.4 is 5.32 Å². The van der Waals surface area contributed by atoms with Gasteiger partial charge in [-0.3, -0.25) is 5.32 Å². The number of sulfonamides is 1. The van der Waals surface area contributed by atoms with Crippen LogP contribution in [-0.2, 0) is 21.4 Å². The molecule has 122 valence electrons. The molecule has 0 spiro atoms. The standard InChI is InChI=1S/C16H18N2O4S/c1-18(2)23(20,21)15-10-8-14(9-11-15)17-16(19)22-12-13-6-4-3-5-7-13/h3-11H,12H2,1-2H3,(H,17,19). The highest BCUT2D eigenvalue weighted by molar-refractivity contribution is 7.89. The second-order valence-electron chi connectivity index (χ2n) is 5.00. The Morgan fingerprint density at radius 1 is 1.04 bits per heavy atom. The molecule has 1 amide bonds. The van der Waals surface area contributed by atoms with Crippen LogP contribution in [-0.4, -0.2) is 32.9 Å². The third-order valence-electron chi connectivity index (χ3n) is 3.09. The maximum atomic E-state index is 11.9. The Balaban J connectivity index is 1.94. The number of rotatable bonds is 5. The lowest BCUT2D eigenvalue weighted by atomic mass is 10.2. The van der Waals surface area contributed by atoms with Crippen LogP contribution in [0.3, 0.4) is 0 Å². The van der Waals surface area contributed by atoms with Crippen LogP contribution in [0.15, 0.2) is 59.5 Å². The van der Waals surface area contributed by atoms with E-state index in [1.807, 2.05) is 30.3 Å². The van der Waals surface area contributed by atoms with E-state index in [9.17, 15) is 13.2 Å². The number of hydrogen-bond donors (Lipinski definition) is 1. The average Bonchev–Trinajstić information content (AvgIpc) is 2.54. The Hall–Kier alpha value is -2.38. The number of hydrogen-bond acceptors (Lipinski definition) is 4. The molecule has 23 heavy (non-hydrogen) atoms. The summed E-state index contributed by atoms with van der Waals surface area (Å²) in [5, 5.41) is 2.55. The highest BCUT2D eigenvalue weighted by Gasteiger charge is 2.16. The predicted molar refractivity (Wildman–Crippen MR) is 87.6 cm³/mol. The number of amides is 1. The van der Waals surface area contributed by atoms with Gasteiger partial charge in [-0.15, -0.1) is 0 Å². The highest BCUT2D eigenvalue weighted by atomic mass is 32.2. The first-order valence-corrected chi connectivity index (χ1v) is 8.34. The van der Waals surface area contributed by atoms with E-state index in [0.29, 0.717) is 5.69 Å². The lowest BCUT2D eigenvalue weighted by Gasteiger charge is -2.12. The Labute approximate surface area is 135 Å². The minimum atomic E-state index is -3.48. The summed E-state index contributed by atoms with van der Waals surface area (Å²) in [6.45, 7) is 0.166. The van der Waals surface area contributed by atoms with Gasteiger partial charge in [0.25, 0.3) is 0 Å². The molecule has 0 radical (unpaired) electrons. The van der Waals surface area contributed by atoms with Crippen LogP contribution in [0.25, 0.3) is 0 Å². The molecule has 0 aromatic heterocycles. The fourth-order valence-corrected chi connectivity index (χ4v) is 2.70. The van der Waals surface area contributed by atoms with Crippen molar-refractivity contribution in [1.82, 2.24) is 4.31 Å². The van der Waals surface area contributed by atoms with Gasteiger partial charge in [0.15, 0.2) is 0 Å². The predicted octanol–water partition coefficient (Wildman–Crippen LogP) is 2.69. The van der Waals surface area contributed by atoms with Crippen LogP contribution >= 0.6 is 0 Å². The first-order valence-electron chi connectivity index (χ1n) is 6.90. The number of nitrogens with one attached hydrogen (secondary N) is 1. The van der Waals surface area contributed by atoms with Crippen LogP contribution in [0.5, 0.6) is 0 Å². The van der Waals surface area contributed by atoms with Gasteiger partial charge in [0.05, 0.1) is 4.90 Å². The molecule has 0 saturated carbocycles. The van der Waals surface area contributed by atoms with E-state index in [-0.39, 0.29) is 11.5 Å². The van der Waals surface area contributed by atoms with Crippen LogP contribution in [0, 0.1) is 0 Å². The molecule has 2 aromatic carbocycles. The van der Waals surface area contributed by atoms with Crippen molar-refractivity contribution in [3.8, 4) is 0 Å². The first kappa shape index (κ1) is 17.0. The van der Waals surface area contributed by atoms with E-state index in [1.165, 1.54) is 38.4 Å². The smallest absolute Gasteiger partial charge is 0.411 e. The van der Waals surface area contributed by atoms with Crippen molar-refractivity contribution in [2.45, 2.75) is 11.5 Å². The van der Waals surface area contributed by atoms with Crippen molar-refractivity contribution in [3.05, 3.63) is 60.2 Å². The lowest BCUT2D eigenvalue weighted by Crippen LogP contribution is -2.22. The van der Waals surface area contributed by atoms with Gasteiger partial charge in [-0.2, -0.15) is 0 Å². The minimum Gasteiger partial charge on any atom is -0.444 e. The number of carbonyl (C=O) groups is 1. The van der Waals surface area contributed by atoms with Crippen molar-refractivity contribution in [1.29, 1.82) is 0 Å². The highest BCUT2D eigenvalue weighted by Crippen LogP contribution is 2.16. The van der Waals surface area contributed by atoms with Gasteiger partial charge in [0.1, 0.15) is 6.61 Å². The molecule has 6 nitrogen and oxygen atoms in total. The topological polar surface area (TPSA) is 75.7 Å². The van der Waals surface area contributed by atoms with Gasteiger partial charge >= 0.3 is 6.09 Å². The zero-order chi connectivity index (χ0) is 16.9. The lowest BCUT2D eigenvalue weighted by molar-refractivity contribution is 0.155. The molecule has 0 saturated heterocycles. The summed E-state index contributed by atoms with van der Waals surface area (Å²) in [4.78, 5) is 11.9. The summed E-state index contributed by atoms with van der Waals surface area (Å²) in [5.74, 6) is 0. The molecule has 0 aliphatic rings. The van der Waals surface area contributed by atoms with Gasteiger partial charge in [-0.05, 0) is 29.8 Å². The van der Waals surface area contributed by atoms with Gasteiger partial charge < -0.3 is 4.74 Å². The molecule has 0 unspecified atom stereocenters. The fraction of sp³-hybridized carbons (Fsp3) is 0.188. The van der Waals surface area contributed by atoms with Crippen molar-refractivity contribution >= 4 is 21.8 Å². The Kier molecular flexibility index (Phi) is 5.36. The molecule has 0 atom stereocenters. The van der Waals surface area contributed by atoms with E-state index in [4.69, 9.17) is 4.74 Å². The summed E-state index contributed by atoms with van der Waals surface area (Å²) in [5.41, 5.74) is 1.34. The maximum Gasteiger partial charge on any atom is 0.411 e. The second-order valence-corrected chi connectivity index (χ2v) is 7.15. The molecule has 7 heteroatoms. The van der Waals surface area contributed by atoms with Gasteiger partial charge in [0.2, 0.25) is 10.0 Å². The van der Waals surface area contributed by atoms with E-state index < -0.39 is 16.1 Å². The van der Waals surface area contributed by atoms with Crippen LogP contribution in [0.4, 0.5) is 10.5 Å². The van der Waals surface area contributed by atoms with Crippen molar-refractivity contribution in [3.63, 3.8) is 0 Å². The van der Waals surface area contributed by atoms with Gasteiger partial charge in [0, 0.05) is 19.8 Å². The molecule has 0 aliphatic carbocycles. The summed E-state index contributed by atoms with van der Waals surface area (Å²) in [6, 6.07) is 15.2. The fourth-order valence-electron chi connectivity index (χ4n) is 1.80. The molecular weight excluding hydrogens is 316 g/mol. The molecule has 0 aliphatic heterocycles. The Morgan fingerprint density at radius 2 is 1.65 bits per heavy atom. The zero-order valence-corrected chi connectivity index (χ0v) is 13.7. The maximum absolute atomic E-state index is 11.9. The second kappa shape index (κ2) is 7.26. The van der Waals surface area contributed by atoms with Crippen LogP contribution in [0.1, 0.15) is 5.56 Å². The van der Waals surface area contributed by atoms with Gasteiger partial charge in [-0.25, -0.2) is 17.5 Å². The van der Waals surface area contributed by atoms with Crippen molar-refractivity contribution in [2.75, 3.05) is 19.4 Å². The minimum absolute atomic E-state index is 0.158. The van der Waals surface area contributed by atoms with Crippen molar-refractivity contribution in [2.24, 2.45) is 0 Å². The first-order chi connectivity index (χ1) is 10.9. The third kappa shape index (κ3) is 4.54. The summed E-state index contributed by atoms with van der Waals surface area (Å²) in [6.07, 6.45) is -0.600. The van der Waals surface area contributed by atoms with Crippen LogP contribution in [0.2, 0.25) is 0 Å². The number of benzene rings is 2. The SMILES string of the molecule is CN(C)S(=O)(=O)c1ccc(NC(=O)OCc2ccccc2)cc1. The Bertz CT molecular complexity index is 756. The molecule has 1 N–H and O–H groups in total. The van der Waals surface area contributed by atoms with E-state index in [0.717, 1.165) is 9.87 Å². The molecule has 0 heterocycles. The number of nitrogens with zero attached hydrogens (tertiary/aromatic N) is 1. The largest absolute Gasteiger partial charge is 0.444 e. The number of anilines is 1. The van der Waals surface area contributed by atoms with Gasteiger partial charge in [-0.1, -0.05) is 30.3 Å². The average molecular weight is 334 g/mol. The summed E-state index contributed by atoms with van der Waals surface area (Å²) < 4.78 is 30.1. The quantitative estimate of drug-likeness (QED) is 0.912. The van der Waals surface area contributed by atoms with Crippen molar-refractivity contribution < 1.29 is 17.9 Å². The number of ether oxygens (including phenoxy) is 1. The normalized spacial score (nSPS) is 11.3.